The standard InChI is InChI=1S/C14H16N2O5/c1-15(9-3-6-14(18)19)13(17)8-7-11-4-2-5-12(10-11)16(20)21/h2,4-5,7-8,10H,3,6,9H2,1H3,(H,18,19)/b8-7+. The minimum atomic E-state index is -0.900. The highest BCUT2D eigenvalue weighted by atomic mass is 16.6. The van der Waals surface area contributed by atoms with Crippen LogP contribution in [-0.2, 0) is 9.59 Å². The third-order valence-electron chi connectivity index (χ3n) is 2.76. The number of non-ortho nitro benzene ring substituents is 1. The molecule has 0 radical (unpaired) electrons. The lowest BCUT2D eigenvalue weighted by atomic mass is 10.2. The fourth-order valence-corrected chi connectivity index (χ4v) is 1.61. The van der Waals surface area contributed by atoms with E-state index < -0.39 is 10.9 Å². The van der Waals surface area contributed by atoms with E-state index >= 15 is 0 Å². The number of hydrogen-bond acceptors (Lipinski definition) is 4. The molecule has 1 aromatic carbocycles. The summed E-state index contributed by atoms with van der Waals surface area (Å²) in [6.45, 7) is 0.338. The Bertz CT molecular complexity index is 568. The van der Waals surface area contributed by atoms with Crippen LogP contribution in [0.25, 0.3) is 6.08 Å². The number of aliphatic carboxylic acids is 1. The maximum atomic E-state index is 11.8. The molecule has 7 nitrogen and oxygen atoms in total. The molecule has 0 bridgehead atoms. The first-order valence-electron chi connectivity index (χ1n) is 6.29. The molecular formula is C14H16N2O5. The van der Waals surface area contributed by atoms with Crippen molar-refractivity contribution < 1.29 is 19.6 Å². The molecule has 112 valence electrons. The normalized spacial score (nSPS) is 10.5. The van der Waals surface area contributed by atoms with E-state index in [-0.39, 0.29) is 18.0 Å². The van der Waals surface area contributed by atoms with Crippen LogP contribution in [0.1, 0.15) is 18.4 Å². The molecule has 0 fully saturated rings. The lowest BCUT2D eigenvalue weighted by Crippen LogP contribution is -2.26. The van der Waals surface area contributed by atoms with E-state index in [9.17, 15) is 19.7 Å². The van der Waals surface area contributed by atoms with Crippen LogP contribution in [0.4, 0.5) is 5.69 Å². The molecule has 0 aromatic heterocycles. The zero-order valence-corrected chi connectivity index (χ0v) is 11.6. The summed E-state index contributed by atoms with van der Waals surface area (Å²) < 4.78 is 0. The second kappa shape index (κ2) is 7.78. The third-order valence-corrected chi connectivity index (χ3v) is 2.76. The summed E-state index contributed by atoms with van der Waals surface area (Å²) in [6.07, 6.45) is 3.18. The number of likely N-dealkylation sites (N-methyl/N-ethyl adjacent to an activating group) is 1. The van der Waals surface area contributed by atoms with E-state index in [0.717, 1.165) is 0 Å². The van der Waals surface area contributed by atoms with Gasteiger partial charge in [0.1, 0.15) is 0 Å². The summed E-state index contributed by atoms with van der Waals surface area (Å²) >= 11 is 0. The van der Waals surface area contributed by atoms with E-state index in [1.165, 1.54) is 29.2 Å². The van der Waals surface area contributed by atoms with Crippen molar-refractivity contribution in [3.63, 3.8) is 0 Å². The lowest BCUT2D eigenvalue weighted by Gasteiger charge is -2.13. The highest BCUT2D eigenvalue weighted by molar-refractivity contribution is 5.91. The summed E-state index contributed by atoms with van der Waals surface area (Å²) in [5.74, 6) is -1.19. The number of nitro benzene ring substituents is 1. The van der Waals surface area contributed by atoms with Crippen LogP contribution in [0.3, 0.4) is 0 Å². The largest absolute Gasteiger partial charge is 0.481 e. The Morgan fingerprint density at radius 2 is 2.14 bits per heavy atom. The minimum Gasteiger partial charge on any atom is -0.481 e. The molecular weight excluding hydrogens is 276 g/mol. The van der Waals surface area contributed by atoms with Crippen LogP contribution in [0.2, 0.25) is 0 Å². The van der Waals surface area contributed by atoms with Gasteiger partial charge in [0.2, 0.25) is 5.91 Å². The molecule has 0 aliphatic heterocycles. The van der Waals surface area contributed by atoms with Crippen molar-refractivity contribution in [3.05, 3.63) is 46.0 Å². The number of nitrogens with zero attached hydrogens (tertiary/aromatic N) is 2. The summed E-state index contributed by atoms with van der Waals surface area (Å²) in [6, 6.07) is 5.94. The lowest BCUT2D eigenvalue weighted by molar-refractivity contribution is -0.384. The highest BCUT2D eigenvalue weighted by Gasteiger charge is 2.07. The maximum Gasteiger partial charge on any atom is 0.303 e. The Balaban J connectivity index is 2.58. The average molecular weight is 292 g/mol. The molecule has 0 saturated heterocycles. The molecule has 21 heavy (non-hydrogen) atoms. The predicted molar refractivity (Wildman–Crippen MR) is 76.6 cm³/mol. The third kappa shape index (κ3) is 5.85. The van der Waals surface area contributed by atoms with Crippen molar-refractivity contribution in [1.82, 2.24) is 4.90 Å². The zero-order chi connectivity index (χ0) is 15.8. The first kappa shape index (κ1) is 16.4. The van der Waals surface area contributed by atoms with Crippen molar-refractivity contribution in [3.8, 4) is 0 Å². The Morgan fingerprint density at radius 3 is 2.76 bits per heavy atom. The van der Waals surface area contributed by atoms with Gasteiger partial charge in [-0.1, -0.05) is 12.1 Å². The van der Waals surface area contributed by atoms with Gasteiger partial charge in [0, 0.05) is 38.2 Å². The van der Waals surface area contributed by atoms with Gasteiger partial charge < -0.3 is 10.0 Å². The molecule has 1 aromatic rings. The summed E-state index contributed by atoms with van der Waals surface area (Å²) in [7, 11) is 1.57. The summed E-state index contributed by atoms with van der Waals surface area (Å²) in [5.41, 5.74) is 0.510. The van der Waals surface area contributed by atoms with E-state index in [1.807, 2.05) is 0 Å². The quantitative estimate of drug-likeness (QED) is 0.470. The van der Waals surface area contributed by atoms with Crippen LogP contribution in [-0.4, -0.2) is 40.4 Å². The van der Waals surface area contributed by atoms with Gasteiger partial charge in [0.15, 0.2) is 0 Å². The number of carbonyl (C=O) groups is 2. The number of nitro groups is 1. The first-order chi connectivity index (χ1) is 9.90. The maximum absolute atomic E-state index is 11.8. The topological polar surface area (TPSA) is 101 Å². The van der Waals surface area contributed by atoms with Crippen molar-refractivity contribution in [2.24, 2.45) is 0 Å². The summed E-state index contributed by atoms with van der Waals surface area (Å²) in [4.78, 5) is 33.7. The highest BCUT2D eigenvalue weighted by Crippen LogP contribution is 2.14. The fourth-order valence-electron chi connectivity index (χ4n) is 1.61. The molecule has 0 saturated carbocycles. The van der Waals surface area contributed by atoms with E-state index in [0.29, 0.717) is 18.5 Å². The second-order valence-corrected chi connectivity index (χ2v) is 4.44. The fraction of sp³-hybridized carbons (Fsp3) is 0.286. The van der Waals surface area contributed by atoms with Crippen LogP contribution >= 0.6 is 0 Å². The SMILES string of the molecule is CN(CCCC(=O)O)C(=O)/C=C/c1cccc([N+](=O)[O-])c1. The molecule has 0 atom stereocenters. The Kier molecular flexibility index (Phi) is 6.06. The number of carboxylic acids is 1. The van der Waals surface area contributed by atoms with Gasteiger partial charge in [-0.3, -0.25) is 19.7 Å². The van der Waals surface area contributed by atoms with Crippen molar-refractivity contribution in [1.29, 1.82) is 0 Å². The molecule has 0 aliphatic carbocycles. The van der Waals surface area contributed by atoms with Gasteiger partial charge in [-0.2, -0.15) is 0 Å². The van der Waals surface area contributed by atoms with Gasteiger partial charge >= 0.3 is 5.97 Å². The molecule has 7 heteroatoms. The van der Waals surface area contributed by atoms with Crippen molar-refractivity contribution >= 4 is 23.6 Å². The molecule has 1 amide bonds. The van der Waals surface area contributed by atoms with Gasteiger partial charge in [-0.05, 0) is 18.1 Å². The summed E-state index contributed by atoms with van der Waals surface area (Å²) in [5, 5.41) is 19.1. The van der Waals surface area contributed by atoms with Crippen molar-refractivity contribution in [2.75, 3.05) is 13.6 Å². The number of carboxylic acid groups (broad SMARTS) is 1. The second-order valence-electron chi connectivity index (χ2n) is 4.44. The first-order valence-corrected chi connectivity index (χ1v) is 6.29. The molecule has 1 rings (SSSR count). The van der Waals surface area contributed by atoms with Crippen molar-refractivity contribution in [2.45, 2.75) is 12.8 Å². The Morgan fingerprint density at radius 1 is 1.43 bits per heavy atom. The van der Waals surface area contributed by atoms with E-state index in [2.05, 4.69) is 0 Å². The monoisotopic (exact) mass is 292 g/mol. The van der Waals surface area contributed by atoms with Gasteiger partial charge in [0.25, 0.3) is 5.69 Å². The Labute approximate surface area is 121 Å². The minimum absolute atomic E-state index is 0.00616. The molecule has 0 unspecified atom stereocenters. The molecule has 1 N–H and O–H groups in total. The van der Waals surface area contributed by atoms with E-state index in [4.69, 9.17) is 5.11 Å². The molecule has 0 spiro atoms. The molecule has 0 aliphatic rings. The average Bonchev–Trinajstić information content (AvgIpc) is 2.44. The van der Waals surface area contributed by atoms with Gasteiger partial charge in [-0.15, -0.1) is 0 Å². The molecule has 0 heterocycles. The number of carbonyl (C=O) groups excluding carboxylic acids is 1. The Hall–Kier alpha value is -2.70. The number of benzene rings is 1. The predicted octanol–water partition coefficient (Wildman–Crippen LogP) is 1.93. The van der Waals surface area contributed by atoms with Gasteiger partial charge in [-0.25, -0.2) is 0 Å². The zero-order valence-electron chi connectivity index (χ0n) is 11.6. The van der Waals surface area contributed by atoms with Crippen LogP contribution in [0.5, 0.6) is 0 Å². The van der Waals surface area contributed by atoms with Crippen LogP contribution in [0, 0.1) is 10.1 Å². The number of rotatable bonds is 7. The smallest absolute Gasteiger partial charge is 0.303 e. The number of amides is 1. The van der Waals surface area contributed by atoms with Crippen LogP contribution in [0.15, 0.2) is 30.3 Å². The van der Waals surface area contributed by atoms with Crippen LogP contribution < -0.4 is 0 Å². The number of hydrogen-bond donors (Lipinski definition) is 1. The van der Waals surface area contributed by atoms with E-state index in [1.54, 1.807) is 19.2 Å². The van der Waals surface area contributed by atoms with Gasteiger partial charge in [0.05, 0.1) is 4.92 Å².